The number of amides is 1. The number of rotatable bonds is 3. The Kier molecular flexibility index (Phi) is 5.71. The predicted octanol–water partition coefficient (Wildman–Crippen LogP) is 5.82. The number of likely N-dealkylation sites (tertiary alicyclic amines) is 1. The number of nitrogens with zero attached hydrogens (tertiary/aromatic N) is 2. The van der Waals surface area contributed by atoms with Crippen LogP contribution in [-0.4, -0.2) is 34.0 Å². The number of carbonyl (C=O) groups is 2. The van der Waals surface area contributed by atoms with E-state index in [1.807, 2.05) is 25.2 Å². The van der Waals surface area contributed by atoms with Gasteiger partial charge in [0.25, 0.3) is 0 Å². The monoisotopic (exact) mass is 454 g/mol. The van der Waals surface area contributed by atoms with Crippen LogP contribution in [0.4, 0.5) is 0 Å². The van der Waals surface area contributed by atoms with Gasteiger partial charge in [-0.05, 0) is 103 Å². The quantitative estimate of drug-likeness (QED) is 0.540. The third kappa shape index (κ3) is 3.36. The topological polar surface area (TPSA) is 50.3 Å². The molecule has 1 aromatic rings. The first-order chi connectivity index (χ1) is 15.3. The summed E-state index contributed by atoms with van der Waals surface area (Å²) in [5.41, 5.74) is 0.530. The van der Waals surface area contributed by atoms with Crippen molar-refractivity contribution in [2.75, 3.05) is 7.05 Å². The third-order valence-corrected chi connectivity index (χ3v) is 11.5. The van der Waals surface area contributed by atoms with E-state index in [1.165, 1.54) is 43.9 Å². The average molecular weight is 455 g/mol. The molecule has 0 N–H and O–H groups in total. The lowest BCUT2D eigenvalue weighted by molar-refractivity contribution is -0.158. The van der Waals surface area contributed by atoms with Gasteiger partial charge in [-0.2, -0.15) is 0 Å². The molecule has 4 aliphatic rings. The maximum Gasteiger partial charge on any atom is 0.222 e. The van der Waals surface area contributed by atoms with Crippen molar-refractivity contribution >= 4 is 22.8 Å². The highest BCUT2D eigenvalue weighted by atomic mass is 32.2. The number of piperidine rings is 1. The first kappa shape index (κ1) is 22.4. The zero-order valence-corrected chi connectivity index (χ0v) is 20.9. The van der Waals surface area contributed by atoms with Crippen molar-refractivity contribution in [1.29, 1.82) is 0 Å². The molecule has 3 saturated carbocycles. The molecule has 3 aliphatic carbocycles. The van der Waals surface area contributed by atoms with E-state index in [0.717, 1.165) is 35.6 Å². The number of hydrogen-bond donors (Lipinski definition) is 0. The average Bonchev–Trinajstić information content (AvgIpc) is 3.14. The highest BCUT2D eigenvalue weighted by Crippen LogP contribution is 2.67. The first-order valence-corrected chi connectivity index (χ1v) is 13.5. The molecule has 0 bridgehead atoms. The maximum absolute atomic E-state index is 13.2. The number of aromatic nitrogens is 1. The van der Waals surface area contributed by atoms with Crippen LogP contribution in [0, 0.1) is 40.4 Å². The highest BCUT2D eigenvalue weighted by Gasteiger charge is 2.61. The molecule has 1 amide bonds. The van der Waals surface area contributed by atoms with Crippen molar-refractivity contribution in [1.82, 2.24) is 9.88 Å². The van der Waals surface area contributed by atoms with Crippen LogP contribution in [0.15, 0.2) is 29.4 Å². The Morgan fingerprint density at radius 1 is 1.09 bits per heavy atom. The van der Waals surface area contributed by atoms with E-state index >= 15 is 0 Å². The van der Waals surface area contributed by atoms with Gasteiger partial charge in [0, 0.05) is 31.6 Å². The Morgan fingerprint density at radius 2 is 1.88 bits per heavy atom. The Morgan fingerprint density at radius 3 is 2.62 bits per heavy atom. The van der Waals surface area contributed by atoms with Crippen molar-refractivity contribution in [2.24, 2.45) is 40.4 Å². The number of thioether (sulfide) groups is 1. The Labute approximate surface area is 197 Å². The molecule has 8 atom stereocenters. The molecule has 4 nitrogen and oxygen atoms in total. The molecule has 5 rings (SSSR count). The number of carbonyl (C=O) groups excluding carboxylic acids is 2. The summed E-state index contributed by atoms with van der Waals surface area (Å²) in [4.78, 5) is 32.0. The number of hydrogen-bond acceptors (Lipinski definition) is 4. The van der Waals surface area contributed by atoms with Gasteiger partial charge in [0.05, 0.1) is 0 Å². The second kappa shape index (κ2) is 8.14. The summed E-state index contributed by atoms with van der Waals surface area (Å²) in [6.45, 7) is 7.16. The fraction of sp³-hybridized carbons (Fsp3) is 0.741. The van der Waals surface area contributed by atoms with E-state index in [1.54, 1.807) is 6.20 Å². The minimum atomic E-state index is 0.0684. The van der Waals surface area contributed by atoms with E-state index in [-0.39, 0.29) is 21.9 Å². The lowest BCUT2D eigenvalue weighted by atomic mass is 9.46. The minimum absolute atomic E-state index is 0.0684. The van der Waals surface area contributed by atoms with Crippen LogP contribution in [0.1, 0.15) is 72.1 Å². The van der Waals surface area contributed by atoms with E-state index in [4.69, 9.17) is 0 Å². The fourth-order valence-corrected chi connectivity index (χ4v) is 9.60. The van der Waals surface area contributed by atoms with Crippen molar-refractivity contribution in [2.45, 2.75) is 83.2 Å². The van der Waals surface area contributed by atoms with Crippen molar-refractivity contribution in [3.05, 3.63) is 24.4 Å². The van der Waals surface area contributed by atoms with Crippen molar-refractivity contribution in [3.8, 4) is 0 Å². The molecule has 5 heteroatoms. The summed E-state index contributed by atoms with van der Waals surface area (Å²) in [6, 6.07) is 6.20. The van der Waals surface area contributed by atoms with Crippen LogP contribution in [0.2, 0.25) is 0 Å². The van der Waals surface area contributed by atoms with Crippen LogP contribution in [-0.2, 0) is 9.59 Å². The molecule has 3 unspecified atom stereocenters. The molecule has 32 heavy (non-hydrogen) atoms. The zero-order chi connectivity index (χ0) is 22.7. The van der Waals surface area contributed by atoms with Crippen LogP contribution in [0.25, 0.3) is 0 Å². The Bertz CT molecular complexity index is 891. The lowest BCUT2D eigenvalue weighted by Crippen LogP contribution is -2.61. The lowest BCUT2D eigenvalue weighted by Gasteiger charge is -2.62. The summed E-state index contributed by atoms with van der Waals surface area (Å²) >= 11 is 1.33. The van der Waals surface area contributed by atoms with Crippen LogP contribution < -0.4 is 0 Å². The molecule has 4 fully saturated rings. The van der Waals surface area contributed by atoms with E-state index in [9.17, 15) is 9.59 Å². The first-order valence-electron chi connectivity index (χ1n) is 12.6. The molecule has 174 valence electrons. The summed E-state index contributed by atoms with van der Waals surface area (Å²) in [7, 11) is 2.04. The van der Waals surface area contributed by atoms with Gasteiger partial charge in [-0.15, -0.1) is 0 Å². The standard InChI is InChI=1S/C27H38N2O2S/c1-17(25(31)32-23-7-5-6-16-28-23)19-9-10-20-18-8-11-22-27(3,15-13-24(30)29(22)4)21(18)12-14-26(19,20)2/h5-7,16-22H,8-15H2,1-4H3/t17-,18?,19+,20?,21?,22+,26+,27+/m0/s1. The smallest absolute Gasteiger partial charge is 0.222 e. The molecule has 0 radical (unpaired) electrons. The molecule has 2 heterocycles. The fourth-order valence-electron chi connectivity index (χ4n) is 8.78. The van der Waals surface area contributed by atoms with Crippen LogP contribution in [0.5, 0.6) is 0 Å². The second-order valence-electron chi connectivity index (χ2n) is 11.6. The van der Waals surface area contributed by atoms with Gasteiger partial charge < -0.3 is 4.90 Å². The molecule has 1 saturated heterocycles. The van der Waals surface area contributed by atoms with Crippen LogP contribution >= 0.6 is 11.8 Å². The minimum Gasteiger partial charge on any atom is -0.342 e. The van der Waals surface area contributed by atoms with Gasteiger partial charge in [-0.3, -0.25) is 9.59 Å². The molecular weight excluding hydrogens is 416 g/mol. The largest absolute Gasteiger partial charge is 0.342 e. The van der Waals surface area contributed by atoms with Gasteiger partial charge in [-0.25, -0.2) is 4.98 Å². The predicted molar refractivity (Wildman–Crippen MR) is 128 cm³/mol. The SMILES string of the molecule is C[C@H](C(=O)Sc1ccccn1)[C@H]1CCC2C3CC[C@H]4N(C)C(=O)CC[C@]4(C)C3CC[C@@]21C. The van der Waals surface area contributed by atoms with E-state index < -0.39 is 0 Å². The second-order valence-corrected chi connectivity index (χ2v) is 12.6. The Hall–Kier alpha value is -1.36. The Balaban J connectivity index is 1.34. The maximum atomic E-state index is 13.2. The molecule has 1 aromatic heterocycles. The zero-order valence-electron chi connectivity index (χ0n) is 20.0. The number of pyridine rings is 1. The van der Waals surface area contributed by atoms with Gasteiger partial charge in [-0.1, -0.05) is 26.8 Å². The normalized spacial score (nSPS) is 42.1. The third-order valence-electron chi connectivity index (χ3n) is 10.4. The number of fused-ring (bicyclic) bond motifs is 5. The summed E-state index contributed by atoms with van der Waals surface area (Å²) in [5.74, 6) is 3.08. The molecule has 0 spiro atoms. The van der Waals surface area contributed by atoms with Gasteiger partial charge >= 0.3 is 0 Å². The molecule has 1 aliphatic heterocycles. The summed E-state index contributed by atoms with van der Waals surface area (Å²) in [5, 5.41) is 1.09. The molecule has 0 aromatic carbocycles. The van der Waals surface area contributed by atoms with Crippen molar-refractivity contribution < 1.29 is 9.59 Å². The van der Waals surface area contributed by atoms with Crippen LogP contribution in [0.3, 0.4) is 0 Å². The van der Waals surface area contributed by atoms with Gasteiger partial charge in [0.15, 0.2) is 5.12 Å². The van der Waals surface area contributed by atoms with Gasteiger partial charge in [0.2, 0.25) is 5.91 Å². The highest BCUT2D eigenvalue weighted by molar-refractivity contribution is 8.13. The van der Waals surface area contributed by atoms with Gasteiger partial charge in [0.1, 0.15) is 5.03 Å². The molecular formula is C27H38N2O2S. The summed E-state index contributed by atoms with van der Waals surface area (Å²) < 4.78 is 0. The van der Waals surface area contributed by atoms with Crippen molar-refractivity contribution in [3.63, 3.8) is 0 Å². The van der Waals surface area contributed by atoms with E-state index in [0.29, 0.717) is 24.3 Å². The van der Waals surface area contributed by atoms with E-state index in [2.05, 4.69) is 30.7 Å². The summed E-state index contributed by atoms with van der Waals surface area (Å²) in [6.07, 6.45) is 10.9.